The predicted octanol–water partition coefficient (Wildman–Crippen LogP) is 3.77. The number of carbonyl (C=O) groups is 1. The van der Waals surface area contributed by atoms with Gasteiger partial charge >= 0.3 is 0 Å². The number of rotatable bonds is 1. The lowest BCUT2D eigenvalue weighted by Crippen LogP contribution is -2.34. The van der Waals surface area contributed by atoms with Gasteiger partial charge in [0.2, 0.25) is 5.82 Å². The van der Waals surface area contributed by atoms with E-state index in [9.17, 15) is 26.7 Å². The Morgan fingerprint density at radius 2 is 1.52 bits per heavy atom. The maximum atomic E-state index is 13.8. The second-order valence-corrected chi connectivity index (χ2v) is 4.91. The number of ether oxygens (including phenoxy) is 1. The lowest BCUT2D eigenvalue weighted by Gasteiger charge is -2.23. The second kappa shape index (κ2) is 5.22. The minimum Gasteiger partial charge on any atom is -0.479 e. The van der Waals surface area contributed by atoms with E-state index in [1.807, 2.05) is 0 Å². The molecule has 1 unspecified atom stereocenters. The molecule has 23 heavy (non-hydrogen) atoms. The molecule has 2 aromatic rings. The maximum absolute atomic E-state index is 13.8. The Balaban J connectivity index is 2.18. The maximum Gasteiger partial charge on any atom is 0.265 e. The van der Waals surface area contributed by atoms with Gasteiger partial charge in [-0.1, -0.05) is 6.07 Å². The predicted molar refractivity (Wildman–Crippen MR) is 70.4 cm³/mol. The van der Waals surface area contributed by atoms with Gasteiger partial charge in [0, 0.05) is 0 Å². The van der Waals surface area contributed by atoms with Crippen LogP contribution in [0.15, 0.2) is 18.2 Å². The van der Waals surface area contributed by atoms with Crippen molar-refractivity contribution in [2.45, 2.75) is 13.0 Å². The molecule has 0 saturated heterocycles. The molecule has 8 heteroatoms. The van der Waals surface area contributed by atoms with Gasteiger partial charge < -0.3 is 10.1 Å². The van der Waals surface area contributed by atoms with Crippen molar-refractivity contribution in [1.82, 2.24) is 0 Å². The van der Waals surface area contributed by atoms with Crippen LogP contribution in [-0.2, 0) is 4.79 Å². The number of hydrogen-bond acceptors (Lipinski definition) is 2. The monoisotopic (exact) mass is 329 g/mol. The molecule has 0 aromatic heterocycles. The molecule has 0 aliphatic carbocycles. The summed E-state index contributed by atoms with van der Waals surface area (Å²) in [5.74, 6) is -10.5. The number of carbonyl (C=O) groups excluding carboxylic acids is 1. The zero-order valence-corrected chi connectivity index (χ0v) is 11.5. The Morgan fingerprint density at radius 3 is 2.13 bits per heavy atom. The summed E-state index contributed by atoms with van der Waals surface area (Å²) < 4.78 is 72.5. The summed E-state index contributed by atoms with van der Waals surface area (Å²) in [4.78, 5) is 11.5. The Bertz CT molecular complexity index is 808. The van der Waals surface area contributed by atoms with Crippen LogP contribution in [0.25, 0.3) is 11.1 Å². The molecule has 3 nitrogen and oxygen atoms in total. The number of benzene rings is 2. The van der Waals surface area contributed by atoms with Gasteiger partial charge in [-0.15, -0.1) is 0 Å². The van der Waals surface area contributed by atoms with Gasteiger partial charge in [0.15, 0.2) is 29.4 Å². The molecule has 0 fully saturated rings. The molecule has 1 atom stereocenters. The molecule has 0 radical (unpaired) electrons. The molecular formula is C15H8F5NO2. The average Bonchev–Trinajstić information content (AvgIpc) is 2.52. The highest BCUT2D eigenvalue weighted by Crippen LogP contribution is 2.37. The molecule has 1 aliphatic heterocycles. The first-order valence-corrected chi connectivity index (χ1v) is 6.44. The zero-order chi connectivity index (χ0) is 16.9. The Morgan fingerprint density at radius 1 is 0.957 bits per heavy atom. The Labute approximate surface area is 126 Å². The van der Waals surface area contributed by atoms with Crippen molar-refractivity contribution >= 4 is 11.6 Å². The number of fused-ring (bicyclic) bond motifs is 1. The van der Waals surface area contributed by atoms with E-state index in [1.165, 1.54) is 13.0 Å². The minimum absolute atomic E-state index is 0.0783. The smallest absolute Gasteiger partial charge is 0.265 e. The van der Waals surface area contributed by atoms with Crippen molar-refractivity contribution in [2.24, 2.45) is 0 Å². The lowest BCUT2D eigenvalue weighted by molar-refractivity contribution is -0.122. The minimum atomic E-state index is -2.23. The first-order valence-electron chi connectivity index (χ1n) is 6.44. The summed E-state index contributed by atoms with van der Waals surface area (Å²) in [6, 6.07) is 3.50. The largest absolute Gasteiger partial charge is 0.479 e. The summed E-state index contributed by atoms with van der Waals surface area (Å²) in [5.41, 5.74) is -1.28. The van der Waals surface area contributed by atoms with Crippen LogP contribution in [0.2, 0.25) is 0 Å². The van der Waals surface area contributed by atoms with Crippen molar-refractivity contribution in [3.63, 3.8) is 0 Å². The number of nitrogens with one attached hydrogen (secondary N) is 1. The molecule has 2 aromatic carbocycles. The van der Waals surface area contributed by atoms with Crippen LogP contribution in [0.5, 0.6) is 5.75 Å². The van der Waals surface area contributed by atoms with E-state index in [1.54, 1.807) is 0 Å². The second-order valence-electron chi connectivity index (χ2n) is 4.91. The van der Waals surface area contributed by atoms with E-state index in [2.05, 4.69) is 5.32 Å². The molecule has 3 rings (SSSR count). The van der Waals surface area contributed by atoms with E-state index in [-0.39, 0.29) is 17.0 Å². The fourth-order valence-electron chi connectivity index (χ4n) is 2.22. The summed E-state index contributed by atoms with van der Waals surface area (Å²) in [5, 5.41) is 2.43. The highest BCUT2D eigenvalue weighted by Gasteiger charge is 2.28. The van der Waals surface area contributed by atoms with Crippen LogP contribution >= 0.6 is 0 Å². The molecule has 0 spiro atoms. The highest BCUT2D eigenvalue weighted by atomic mass is 19.2. The third-order valence-electron chi connectivity index (χ3n) is 3.41. The number of amides is 1. The summed E-state index contributed by atoms with van der Waals surface area (Å²) in [7, 11) is 0. The van der Waals surface area contributed by atoms with Crippen molar-refractivity contribution in [2.75, 3.05) is 5.32 Å². The van der Waals surface area contributed by atoms with Crippen LogP contribution in [0, 0.1) is 29.1 Å². The SMILES string of the molecule is CC1Oc2ccc(-c3c(F)c(F)c(F)c(F)c3F)cc2NC1=O. The van der Waals surface area contributed by atoms with E-state index >= 15 is 0 Å². The van der Waals surface area contributed by atoms with Crippen LogP contribution in [0.3, 0.4) is 0 Å². The summed E-state index contributed by atoms with van der Waals surface area (Å²) in [6.45, 7) is 1.50. The molecular weight excluding hydrogens is 321 g/mol. The quantitative estimate of drug-likeness (QED) is 0.491. The van der Waals surface area contributed by atoms with Crippen LogP contribution in [0.1, 0.15) is 6.92 Å². The van der Waals surface area contributed by atoms with Crippen LogP contribution in [-0.4, -0.2) is 12.0 Å². The fraction of sp³-hybridized carbons (Fsp3) is 0.133. The molecule has 1 amide bonds. The van der Waals surface area contributed by atoms with Gasteiger partial charge in [-0.2, -0.15) is 0 Å². The molecule has 0 saturated carbocycles. The van der Waals surface area contributed by atoms with Gasteiger partial charge in [-0.3, -0.25) is 4.79 Å². The number of hydrogen-bond donors (Lipinski definition) is 1. The third-order valence-corrected chi connectivity index (χ3v) is 3.41. The van der Waals surface area contributed by atoms with Crippen molar-refractivity contribution in [3.05, 3.63) is 47.3 Å². The van der Waals surface area contributed by atoms with Crippen molar-refractivity contribution in [1.29, 1.82) is 0 Å². The Hall–Kier alpha value is -2.64. The third kappa shape index (κ3) is 2.30. The van der Waals surface area contributed by atoms with E-state index in [4.69, 9.17) is 4.74 Å². The van der Waals surface area contributed by atoms with Crippen molar-refractivity contribution in [3.8, 4) is 16.9 Å². The van der Waals surface area contributed by atoms with E-state index < -0.39 is 46.7 Å². The molecule has 0 bridgehead atoms. The first-order chi connectivity index (χ1) is 10.8. The standard InChI is InChI=1S/C15H8F5NO2/c1-5-15(22)21-7-4-6(2-3-8(7)23-5)9-10(16)12(18)14(20)13(19)11(9)17/h2-5H,1H3,(H,21,22). The molecule has 1 aliphatic rings. The topological polar surface area (TPSA) is 38.3 Å². The van der Waals surface area contributed by atoms with Gasteiger partial charge in [0.05, 0.1) is 11.3 Å². The molecule has 1 heterocycles. The summed E-state index contributed by atoms with van der Waals surface area (Å²) >= 11 is 0. The summed E-state index contributed by atoms with van der Waals surface area (Å²) in [6.07, 6.45) is -0.762. The normalized spacial score (nSPS) is 16.6. The van der Waals surface area contributed by atoms with Crippen molar-refractivity contribution < 1.29 is 31.5 Å². The first kappa shape index (κ1) is 15.3. The van der Waals surface area contributed by atoms with Crippen LogP contribution < -0.4 is 10.1 Å². The molecule has 1 N–H and O–H groups in total. The highest BCUT2D eigenvalue weighted by molar-refractivity contribution is 5.98. The number of anilines is 1. The van der Waals surface area contributed by atoms with E-state index in [0.29, 0.717) is 0 Å². The van der Waals surface area contributed by atoms with E-state index in [0.717, 1.165) is 12.1 Å². The lowest BCUT2D eigenvalue weighted by atomic mass is 10.0. The fourth-order valence-corrected chi connectivity index (χ4v) is 2.22. The van der Waals surface area contributed by atoms with Gasteiger partial charge in [-0.25, -0.2) is 22.0 Å². The average molecular weight is 329 g/mol. The zero-order valence-electron chi connectivity index (χ0n) is 11.5. The van der Waals surface area contributed by atoms with Gasteiger partial charge in [-0.05, 0) is 24.6 Å². The Kier molecular flexibility index (Phi) is 3.46. The molecule has 120 valence electrons. The number of halogens is 5. The van der Waals surface area contributed by atoms with Crippen LogP contribution in [0.4, 0.5) is 27.6 Å². The van der Waals surface area contributed by atoms with Gasteiger partial charge in [0.25, 0.3) is 5.91 Å². The van der Waals surface area contributed by atoms with Gasteiger partial charge in [0.1, 0.15) is 5.75 Å².